The van der Waals surface area contributed by atoms with Crippen LogP contribution in [0.2, 0.25) is 0 Å². The van der Waals surface area contributed by atoms with Crippen LogP contribution in [0.25, 0.3) is 6.08 Å². The van der Waals surface area contributed by atoms with Crippen molar-refractivity contribution in [1.82, 2.24) is 0 Å². The Morgan fingerprint density at radius 3 is 2.78 bits per heavy atom. The van der Waals surface area contributed by atoms with E-state index in [9.17, 15) is 9.59 Å². The summed E-state index contributed by atoms with van der Waals surface area (Å²) in [5.74, 6) is 0.149. The monoisotopic (exact) mass is 388 g/mol. The van der Waals surface area contributed by atoms with E-state index in [0.717, 1.165) is 9.37 Å². The fourth-order valence-corrected chi connectivity index (χ4v) is 3.62. The lowest BCUT2D eigenvalue weighted by Crippen LogP contribution is -2.06. The molecule has 1 aliphatic heterocycles. The molecule has 0 spiro atoms. The molecule has 0 aromatic heterocycles. The summed E-state index contributed by atoms with van der Waals surface area (Å²) in [4.78, 5) is 25.6. The maximum Gasteiger partial charge on any atom is 0.310 e. The summed E-state index contributed by atoms with van der Waals surface area (Å²) in [5.41, 5.74) is 1.41. The van der Waals surface area contributed by atoms with Gasteiger partial charge >= 0.3 is 5.97 Å². The van der Waals surface area contributed by atoms with E-state index in [4.69, 9.17) is 4.74 Å². The first-order valence-electron chi connectivity index (χ1n) is 7.12. The van der Waals surface area contributed by atoms with Crippen molar-refractivity contribution in [2.45, 2.75) is 18.2 Å². The van der Waals surface area contributed by atoms with Crippen molar-refractivity contribution >= 4 is 45.5 Å². The van der Waals surface area contributed by atoms with Gasteiger partial charge in [0.2, 0.25) is 5.78 Å². The van der Waals surface area contributed by atoms with Crippen molar-refractivity contribution in [2.24, 2.45) is 0 Å². The average Bonchev–Trinajstić information content (AvgIpc) is 2.86. The van der Waals surface area contributed by atoms with E-state index < -0.39 is 0 Å². The first-order chi connectivity index (χ1) is 11.1. The molecule has 0 fully saturated rings. The molecular formula is C18H13BrO3S. The molecule has 23 heavy (non-hydrogen) atoms. The summed E-state index contributed by atoms with van der Waals surface area (Å²) in [5, 5.41) is 0. The Morgan fingerprint density at radius 1 is 1.26 bits per heavy atom. The highest BCUT2D eigenvalue weighted by Crippen LogP contribution is 2.41. The maximum atomic E-state index is 12.5. The molecule has 0 atom stereocenters. The van der Waals surface area contributed by atoms with E-state index in [1.165, 1.54) is 11.8 Å². The smallest absolute Gasteiger partial charge is 0.310 e. The third kappa shape index (κ3) is 3.41. The summed E-state index contributed by atoms with van der Waals surface area (Å²) < 4.78 is 6.20. The van der Waals surface area contributed by atoms with Crippen molar-refractivity contribution in [3.63, 3.8) is 0 Å². The number of hydrogen-bond acceptors (Lipinski definition) is 4. The highest BCUT2D eigenvalue weighted by atomic mass is 79.9. The van der Waals surface area contributed by atoms with Crippen LogP contribution in [-0.4, -0.2) is 11.8 Å². The van der Waals surface area contributed by atoms with Gasteiger partial charge in [-0.3, -0.25) is 9.59 Å². The van der Waals surface area contributed by atoms with Crippen molar-refractivity contribution in [2.75, 3.05) is 0 Å². The summed E-state index contributed by atoms with van der Waals surface area (Å²) in [6.45, 7) is 1.74. The molecule has 0 radical (unpaired) electrons. The third-order valence-corrected chi connectivity index (χ3v) is 4.94. The van der Waals surface area contributed by atoms with Gasteiger partial charge in [-0.25, -0.2) is 0 Å². The molecule has 0 amide bonds. The molecule has 0 N–H and O–H groups in total. The molecule has 0 aliphatic carbocycles. The lowest BCUT2D eigenvalue weighted by atomic mass is 10.1. The minimum absolute atomic E-state index is 0.00153. The standard InChI is InChI=1S/C18H13BrO3S/c1-2-17(20)22-14-8-7-12(19)9-11(14)10-16-18(21)13-5-3-4-6-15(13)23-16/h3-10H,2H2,1H3/b16-10+. The van der Waals surface area contributed by atoms with Gasteiger partial charge in [-0.2, -0.15) is 0 Å². The van der Waals surface area contributed by atoms with Crippen molar-refractivity contribution < 1.29 is 14.3 Å². The van der Waals surface area contributed by atoms with E-state index in [0.29, 0.717) is 28.2 Å². The molecule has 0 unspecified atom stereocenters. The number of carbonyl (C=O) groups excluding carboxylic acids is 2. The molecule has 2 aromatic carbocycles. The van der Waals surface area contributed by atoms with E-state index in [1.54, 1.807) is 25.1 Å². The first-order valence-corrected chi connectivity index (χ1v) is 8.73. The second-order valence-electron chi connectivity index (χ2n) is 4.95. The zero-order valence-electron chi connectivity index (χ0n) is 12.3. The highest BCUT2D eigenvalue weighted by molar-refractivity contribution is 9.10. The number of halogens is 1. The van der Waals surface area contributed by atoms with Gasteiger partial charge in [0.15, 0.2) is 0 Å². The van der Waals surface area contributed by atoms with Gasteiger partial charge in [0.1, 0.15) is 5.75 Å². The number of ether oxygens (including phenoxy) is 1. The number of fused-ring (bicyclic) bond motifs is 1. The summed E-state index contributed by atoms with van der Waals surface area (Å²) >= 11 is 4.85. The van der Waals surface area contributed by atoms with Crippen LogP contribution in [0, 0.1) is 0 Å². The van der Waals surface area contributed by atoms with Crippen LogP contribution in [0.15, 0.2) is 56.7 Å². The predicted molar refractivity (Wildman–Crippen MR) is 94.7 cm³/mol. The Bertz CT molecular complexity index is 827. The maximum absolute atomic E-state index is 12.5. The predicted octanol–water partition coefficient (Wildman–Crippen LogP) is 5.09. The number of benzene rings is 2. The lowest BCUT2D eigenvalue weighted by Gasteiger charge is -2.08. The van der Waals surface area contributed by atoms with E-state index in [1.807, 2.05) is 30.3 Å². The Balaban J connectivity index is 1.98. The van der Waals surface area contributed by atoms with Crippen LogP contribution in [0.4, 0.5) is 0 Å². The minimum Gasteiger partial charge on any atom is -0.426 e. The second kappa shape index (κ2) is 6.72. The zero-order valence-corrected chi connectivity index (χ0v) is 14.7. The molecule has 5 heteroatoms. The molecule has 3 nitrogen and oxygen atoms in total. The van der Waals surface area contributed by atoms with E-state index >= 15 is 0 Å². The number of thioether (sulfide) groups is 1. The molecule has 2 aromatic rings. The number of hydrogen-bond donors (Lipinski definition) is 0. The van der Waals surface area contributed by atoms with Crippen molar-refractivity contribution in [1.29, 1.82) is 0 Å². The number of allylic oxidation sites excluding steroid dienone is 1. The number of rotatable bonds is 3. The fraction of sp³-hybridized carbons (Fsp3) is 0.111. The van der Waals surface area contributed by atoms with Crippen LogP contribution in [0.1, 0.15) is 29.3 Å². The summed E-state index contributed by atoms with van der Waals surface area (Å²) in [6.07, 6.45) is 2.07. The van der Waals surface area contributed by atoms with Gasteiger partial charge in [-0.1, -0.05) is 46.7 Å². The Morgan fingerprint density at radius 2 is 2.04 bits per heavy atom. The van der Waals surface area contributed by atoms with E-state index in [2.05, 4.69) is 15.9 Å². The summed E-state index contributed by atoms with van der Waals surface area (Å²) in [7, 11) is 0. The fourth-order valence-electron chi connectivity index (χ4n) is 2.20. The number of Topliss-reactive ketones (excluding diaryl/α,β-unsaturated/α-hetero) is 1. The number of carbonyl (C=O) groups is 2. The number of esters is 1. The zero-order chi connectivity index (χ0) is 16.4. The first kappa shape index (κ1) is 16.0. The topological polar surface area (TPSA) is 43.4 Å². The van der Waals surface area contributed by atoms with Gasteiger partial charge < -0.3 is 4.74 Å². The SMILES string of the molecule is CCC(=O)Oc1ccc(Br)cc1/C=C1/Sc2ccccc2C1=O. The van der Waals surface area contributed by atoms with Crippen LogP contribution < -0.4 is 4.74 Å². The molecule has 116 valence electrons. The lowest BCUT2D eigenvalue weighted by molar-refractivity contribution is -0.134. The van der Waals surface area contributed by atoms with Crippen LogP contribution >= 0.6 is 27.7 Å². The van der Waals surface area contributed by atoms with Crippen LogP contribution in [0.5, 0.6) is 5.75 Å². The Kier molecular flexibility index (Phi) is 4.68. The van der Waals surface area contributed by atoms with Crippen LogP contribution in [-0.2, 0) is 4.79 Å². The highest BCUT2D eigenvalue weighted by Gasteiger charge is 2.25. The van der Waals surface area contributed by atoms with Gasteiger partial charge in [-0.05, 0) is 36.4 Å². The summed E-state index contributed by atoms with van der Waals surface area (Å²) in [6, 6.07) is 12.9. The van der Waals surface area contributed by atoms with Gasteiger partial charge in [0, 0.05) is 26.9 Å². The molecule has 0 bridgehead atoms. The molecule has 1 aliphatic rings. The Labute approximate surface area is 146 Å². The molecule has 1 heterocycles. The molecule has 3 rings (SSSR count). The largest absolute Gasteiger partial charge is 0.426 e. The van der Waals surface area contributed by atoms with Gasteiger partial charge in [-0.15, -0.1) is 0 Å². The molecule has 0 saturated carbocycles. The molecule has 0 saturated heterocycles. The molecular weight excluding hydrogens is 376 g/mol. The van der Waals surface area contributed by atoms with Gasteiger partial charge in [0.05, 0.1) is 4.91 Å². The Hall–Kier alpha value is -1.85. The average molecular weight is 389 g/mol. The quantitative estimate of drug-likeness (QED) is 0.417. The second-order valence-corrected chi connectivity index (χ2v) is 6.95. The third-order valence-electron chi connectivity index (χ3n) is 3.35. The normalized spacial score (nSPS) is 14.9. The van der Waals surface area contributed by atoms with E-state index in [-0.39, 0.29) is 11.8 Å². The van der Waals surface area contributed by atoms with Crippen LogP contribution in [0.3, 0.4) is 0 Å². The van der Waals surface area contributed by atoms with Crippen molar-refractivity contribution in [3.05, 3.63) is 63.0 Å². The minimum atomic E-state index is -0.305. The van der Waals surface area contributed by atoms with Crippen molar-refractivity contribution in [3.8, 4) is 5.75 Å². The van der Waals surface area contributed by atoms with Gasteiger partial charge in [0.25, 0.3) is 0 Å². The number of ketones is 1.